The monoisotopic (exact) mass is 244 g/mol. The van der Waals surface area contributed by atoms with Gasteiger partial charge in [0.2, 0.25) is 0 Å². The molecule has 0 amide bonds. The largest absolute Gasteiger partial charge is 0.329 e. The molecule has 16 heavy (non-hydrogen) atoms. The van der Waals surface area contributed by atoms with Crippen LogP contribution in [0.2, 0.25) is 0 Å². The second-order valence-corrected chi connectivity index (χ2v) is 4.13. The molecule has 1 atom stereocenters. The van der Waals surface area contributed by atoms with Crippen molar-refractivity contribution in [3.05, 3.63) is 35.6 Å². The molecule has 0 aliphatic carbocycles. The summed E-state index contributed by atoms with van der Waals surface area (Å²) in [5, 5.41) is 0. The minimum atomic E-state index is -0.171. The zero-order valence-electron chi connectivity index (χ0n) is 9.23. The Kier molecular flexibility index (Phi) is 5.19. The average molecular weight is 245 g/mol. The summed E-state index contributed by atoms with van der Waals surface area (Å²) in [5.41, 5.74) is 6.86. The zero-order chi connectivity index (χ0) is 10.7. The van der Waals surface area contributed by atoms with Gasteiger partial charge in [0.05, 0.1) is 0 Å². The molecular weight excluding hydrogens is 227 g/mol. The lowest BCUT2D eigenvalue weighted by atomic mass is 10.2. The summed E-state index contributed by atoms with van der Waals surface area (Å²) in [7, 11) is 0. The zero-order valence-corrected chi connectivity index (χ0v) is 10.0. The molecule has 1 aliphatic rings. The highest BCUT2D eigenvalue weighted by Gasteiger charge is 2.22. The molecule has 1 unspecified atom stereocenters. The minimum Gasteiger partial charge on any atom is -0.329 e. The molecule has 90 valence electrons. The van der Waals surface area contributed by atoms with Gasteiger partial charge in [-0.25, -0.2) is 4.39 Å². The molecule has 0 saturated carbocycles. The molecule has 0 spiro atoms. The Morgan fingerprint density at radius 3 is 2.62 bits per heavy atom. The molecular formula is C12H18ClFN2. The maximum absolute atomic E-state index is 12.7. The van der Waals surface area contributed by atoms with Crippen LogP contribution in [-0.4, -0.2) is 24.0 Å². The molecule has 0 aromatic heterocycles. The smallest absolute Gasteiger partial charge is 0.123 e. The highest BCUT2D eigenvalue weighted by Crippen LogP contribution is 2.19. The van der Waals surface area contributed by atoms with Crippen LogP contribution in [0, 0.1) is 5.82 Å². The quantitative estimate of drug-likeness (QED) is 0.883. The molecule has 2 nitrogen and oxygen atoms in total. The van der Waals surface area contributed by atoms with E-state index in [-0.39, 0.29) is 18.2 Å². The van der Waals surface area contributed by atoms with Gasteiger partial charge in [0.1, 0.15) is 5.82 Å². The number of nitrogens with zero attached hydrogens (tertiary/aromatic N) is 1. The fourth-order valence-electron chi connectivity index (χ4n) is 2.19. The van der Waals surface area contributed by atoms with Crippen LogP contribution in [0.1, 0.15) is 18.4 Å². The van der Waals surface area contributed by atoms with Gasteiger partial charge in [-0.15, -0.1) is 12.4 Å². The number of rotatable bonds is 3. The first-order valence-corrected chi connectivity index (χ1v) is 5.48. The van der Waals surface area contributed by atoms with Gasteiger partial charge in [-0.3, -0.25) is 4.90 Å². The normalized spacial score (nSPS) is 20.8. The molecule has 2 rings (SSSR count). The van der Waals surface area contributed by atoms with E-state index in [9.17, 15) is 4.39 Å². The van der Waals surface area contributed by atoms with Crippen LogP contribution in [0.3, 0.4) is 0 Å². The summed E-state index contributed by atoms with van der Waals surface area (Å²) in [6.07, 6.45) is 2.42. The van der Waals surface area contributed by atoms with Crippen molar-refractivity contribution in [2.24, 2.45) is 5.73 Å². The molecule has 1 fully saturated rings. The topological polar surface area (TPSA) is 29.3 Å². The molecule has 0 bridgehead atoms. The highest BCUT2D eigenvalue weighted by atomic mass is 35.5. The van der Waals surface area contributed by atoms with E-state index in [0.29, 0.717) is 6.04 Å². The van der Waals surface area contributed by atoms with E-state index in [1.807, 2.05) is 12.1 Å². The van der Waals surface area contributed by atoms with E-state index in [1.165, 1.54) is 25.0 Å². The van der Waals surface area contributed by atoms with Gasteiger partial charge >= 0.3 is 0 Å². The van der Waals surface area contributed by atoms with Crippen LogP contribution in [0.15, 0.2) is 24.3 Å². The number of nitrogens with two attached hydrogens (primary N) is 1. The Morgan fingerprint density at radius 2 is 2.00 bits per heavy atom. The van der Waals surface area contributed by atoms with Gasteiger partial charge in [-0.2, -0.15) is 0 Å². The van der Waals surface area contributed by atoms with Crippen LogP contribution in [0.4, 0.5) is 4.39 Å². The average Bonchev–Trinajstić information content (AvgIpc) is 2.69. The van der Waals surface area contributed by atoms with E-state index >= 15 is 0 Å². The van der Waals surface area contributed by atoms with Crippen LogP contribution in [-0.2, 0) is 6.54 Å². The van der Waals surface area contributed by atoms with Gasteiger partial charge in [0.25, 0.3) is 0 Å². The van der Waals surface area contributed by atoms with Gasteiger partial charge in [0, 0.05) is 19.1 Å². The van der Waals surface area contributed by atoms with Gasteiger partial charge < -0.3 is 5.73 Å². The predicted octanol–water partition coefficient (Wildman–Crippen LogP) is 2.17. The van der Waals surface area contributed by atoms with E-state index < -0.39 is 0 Å². The Hall–Kier alpha value is -0.640. The fourth-order valence-corrected chi connectivity index (χ4v) is 2.19. The number of benzene rings is 1. The van der Waals surface area contributed by atoms with Gasteiger partial charge in [-0.1, -0.05) is 12.1 Å². The molecule has 0 radical (unpaired) electrons. The fraction of sp³-hybridized carbons (Fsp3) is 0.500. The molecule has 1 aliphatic heterocycles. The first kappa shape index (κ1) is 13.4. The van der Waals surface area contributed by atoms with Crippen molar-refractivity contribution in [3.8, 4) is 0 Å². The third-order valence-electron chi connectivity index (χ3n) is 3.07. The minimum absolute atomic E-state index is 0. The van der Waals surface area contributed by atoms with E-state index in [2.05, 4.69) is 4.90 Å². The lowest BCUT2D eigenvalue weighted by Crippen LogP contribution is -2.34. The third kappa shape index (κ3) is 3.17. The SMILES string of the molecule is Cl.NCC1CCCN1Cc1ccc(F)cc1. The summed E-state index contributed by atoms with van der Waals surface area (Å²) in [6, 6.07) is 7.24. The van der Waals surface area contributed by atoms with E-state index in [1.54, 1.807) is 0 Å². The highest BCUT2D eigenvalue weighted by molar-refractivity contribution is 5.85. The number of likely N-dealkylation sites (tertiary alicyclic amines) is 1. The lowest BCUT2D eigenvalue weighted by molar-refractivity contribution is 0.250. The molecule has 1 heterocycles. The molecule has 2 N–H and O–H groups in total. The standard InChI is InChI=1S/C12H17FN2.ClH/c13-11-5-3-10(4-6-11)9-15-7-1-2-12(15)8-14;/h3-6,12H,1-2,7-9,14H2;1H. The van der Waals surface area contributed by atoms with E-state index in [0.717, 1.165) is 25.2 Å². The van der Waals surface area contributed by atoms with Crippen molar-refractivity contribution in [2.75, 3.05) is 13.1 Å². The first-order chi connectivity index (χ1) is 7.29. The van der Waals surface area contributed by atoms with Crippen LogP contribution >= 0.6 is 12.4 Å². The van der Waals surface area contributed by atoms with Crippen molar-refractivity contribution in [3.63, 3.8) is 0 Å². The Balaban J connectivity index is 0.00000128. The maximum atomic E-state index is 12.7. The summed E-state index contributed by atoms with van der Waals surface area (Å²) in [5.74, 6) is -0.171. The Labute approximate surface area is 102 Å². The number of halogens is 2. The van der Waals surface area contributed by atoms with Crippen molar-refractivity contribution >= 4 is 12.4 Å². The molecule has 1 saturated heterocycles. The van der Waals surface area contributed by atoms with Crippen LogP contribution in [0.5, 0.6) is 0 Å². The summed E-state index contributed by atoms with van der Waals surface area (Å²) < 4.78 is 12.7. The molecule has 1 aromatic carbocycles. The van der Waals surface area contributed by atoms with Gasteiger partial charge in [-0.05, 0) is 37.1 Å². The maximum Gasteiger partial charge on any atom is 0.123 e. The number of hydrogen-bond acceptors (Lipinski definition) is 2. The van der Waals surface area contributed by atoms with Crippen LogP contribution in [0.25, 0.3) is 0 Å². The third-order valence-corrected chi connectivity index (χ3v) is 3.07. The van der Waals surface area contributed by atoms with Crippen molar-refractivity contribution in [1.29, 1.82) is 0 Å². The number of hydrogen-bond donors (Lipinski definition) is 1. The van der Waals surface area contributed by atoms with Crippen molar-refractivity contribution < 1.29 is 4.39 Å². The first-order valence-electron chi connectivity index (χ1n) is 5.48. The summed E-state index contributed by atoms with van der Waals surface area (Å²) in [6.45, 7) is 2.72. The lowest BCUT2D eigenvalue weighted by Gasteiger charge is -2.22. The second kappa shape index (κ2) is 6.18. The second-order valence-electron chi connectivity index (χ2n) is 4.13. The van der Waals surface area contributed by atoms with Crippen molar-refractivity contribution in [2.45, 2.75) is 25.4 Å². The molecule has 4 heteroatoms. The van der Waals surface area contributed by atoms with Crippen molar-refractivity contribution in [1.82, 2.24) is 4.90 Å². The molecule has 1 aromatic rings. The van der Waals surface area contributed by atoms with Gasteiger partial charge in [0.15, 0.2) is 0 Å². The summed E-state index contributed by atoms with van der Waals surface area (Å²) in [4.78, 5) is 2.38. The Morgan fingerprint density at radius 1 is 1.31 bits per heavy atom. The summed E-state index contributed by atoms with van der Waals surface area (Å²) >= 11 is 0. The Bertz CT molecular complexity index is 315. The predicted molar refractivity (Wildman–Crippen MR) is 66.1 cm³/mol. The van der Waals surface area contributed by atoms with Crippen LogP contribution < -0.4 is 5.73 Å². The van der Waals surface area contributed by atoms with E-state index in [4.69, 9.17) is 5.73 Å².